The highest BCUT2D eigenvalue weighted by Crippen LogP contribution is 2.12. The summed E-state index contributed by atoms with van der Waals surface area (Å²) in [6.07, 6.45) is 1.57. The van der Waals surface area contributed by atoms with Crippen LogP contribution in [0.15, 0.2) is 22.8 Å². The summed E-state index contributed by atoms with van der Waals surface area (Å²) >= 11 is 0. The molecule has 17 heavy (non-hydrogen) atoms. The average Bonchev–Trinajstić information content (AvgIpc) is 2.82. The zero-order chi connectivity index (χ0) is 12.8. The molecule has 0 bridgehead atoms. The van der Waals surface area contributed by atoms with E-state index in [9.17, 15) is 9.59 Å². The van der Waals surface area contributed by atoms with E-state index in [2.05, 4.69) is 16.0 Å². The van der Waals surface area contributed by atoms with Gasteiger partial charge in [0.2, 0.25) is 5.91 Å². The highest BCUT2D eigenvalue weighted by atomic mass is 16.3. The second kappa shape index (κ2) is 6.05. The number of carbonyl (C=O) groups is 2. The molecule has 6 nitrogen and oxygen atoms in total. The summed E-state index contributed by atoms with van der Waals surface area (Å²) in [5, 5.41) is 7.54. The molecule has 3 N–H and O–H groups in total. The molecule has 0 saturated heterocycles. The van der Waals surface area contributed by atoms with Crippen LogP contribution in [-0.2, 0) is 4.79 Å². The van der Waals surface area contributed by atoms with Crippen LogP contribution < -0.4 is 16.0 Å². The van der Waals surface area contributed by atoms with Crippen LogP contribution >= 0.6 is 0 Å². The standard InChI is InChI=1S/C11H17N3O3/c1-7(9-5-4-6-17-9)13-8(2)10(15)14-11(16)12-3/h4-8,13H,1-3H3,(H2,12,14,15,16)/t7-,8+/m1/s1. The van der Waals surface area contributed by atoms with Crippen LogP contribution in [0.4, 0.5) is 4.79 Å². The quantitative estimate of drug-likeness (QED) is 0.724. The zero-order valence-corrected chi connectivity index (χ0v) is 10.1. The third-order valence-electron chi connectivity index (χ3n) is 2.33. The van der Waals surface area contributed by atoms with E-state index in [1.165, 1.54) is 7.05 Å². The van der Waals surface area contributed by atoms with E-state index < -0.39 is 12.1 Å². The van der Waals surface area contributed by atoms with E-state index >= 15 is 0 Å². The maximum atomic E-state index is 11.6. The van der Waals surface area contributed by atoms with Crippen molar-refractivity contribution in [3.05, 3.63) is 24.2 Å². The summed E-state index contributed by atoms with van der Waals surface area (Å²) in [6.45, 7) is 3.56. The van der Waals surface area contributed by atoms with Gasteiger partial charge in [0.15, 0.2) is 0 Å². The van der Waals surface area contributed by atoms with Crippen molar-refractivity contribution in [2.75, 3.05) is 7.05 Å². The van der Waals surface area contributed by atoms with Crippen LogP contribution in [0.3, 0.4) is 0 Å². The van der Waals surface area contributed by atoms with Gasteiger partial charge in [0.05, 0.1) is 18.3 Å². The third-order valence-corrected chi connectivity index (χ3v) is 2.33. The van der Waals surface area contributed by atoms with Crippen molar-refractivity contribution in [3.8, 4) is 0 Å². The number of imide groups is 1. The van der Waals surface area contributed by atoms with Gasteiger partial charge in [-0.05, 0) is 26.0 Å². The van der Waals surface area contributed by atoms with Crippen molar-refractivity contribution < 1.29 is 14.0 Å². The van der Waals surface area contributed by atoms with Gasteiger partial charge < -0.3 is 9.73 Å². The minimum atomic E-state index is -0.519. The third kappa shape index (κ3) is 3.92. The number of hydrogen-bond donors (Lipinski definition) is 3. The minimum Gasteiger partial charge on any atom is -0.468 e. The van der Waals surface area contributed by atoms with Crippen LogP contribution in [0, 0.1) is 0 Å². The highest BCUT2D eigenvalue weighted by molar-refractivity contribution is 5.96. The molecule has 0 spiro atoms. The van der Waals surface area contributed by atoms with Gasteiger partial charge in [-0.3, -0.25) is 15.4 Å². The van der Waals surface area contributed by atoms with Gasteiger partial charge in [0.1, 0.15) is 5.76 Å². The van der Waals surface area contributed by atoms with Crippen LogP contribution in [0.2, 0.25) is 0 Å². The highest BCUT2D eigenvalue weighted by Gasteiger charge is 2.18. The maximum Gasteiger partial charge on any atom is 0.321 e. The average molecular weight is 239 g/mol. The maximum absolute atomic E-state index is 11.6. The molecule has 0 aliphatic heterocycles. The predicted octanol–water partition coefficient (Wildman–Crippen LogP) is 0.774. The first-order valence-electron chi connectivity index (χ1n) is 5.36. The van der Waals surface area contributed by atoms with Gasteiger partial charge in [0, 0.05) is 7.05 Å². The van der Waals surface area contributed by atoms with E-state index in [1.54, 1.807) is 19.3 Å². The number of hydrogen-bond acceptors (Lipinski definition) is 4. The molecule has 0 aromatic carbocycles. The van der Waals surface area contributed by atoms with Crippen molar-refractivity contribution in [2.45, 2.75) is 25.9 Å². The molecule has 0 saturated carbocycles. The summed E-state index contributed by atoms with van der Waals surface area (Å²) in [7, 11) is 1.45. The fraction of sp³-hybridized carbons (Fsp3) is 0.455. The van der Waals surface area contributed by atoms with E-state index in [4.69, 9.17) is 4.42 Å². The summed E-state index contributed by atoms with van der Waals surface area (Å²) in [5.41, 5.74) is 0. The molecule has 1 aromatic rings. The topological polar surface area (TPSA) is 83.4 Å². The molecule has 1 heterocycles. The Morgan fingerprint density at radius 1 is 1.35 bits per heavy atom. The van der Waals surface area contributed by atoms with E-state index in [1.807, 2.05) is 13.0 Å². The van der Waals surface area contributed by atoms with Crippen LogP contribution in [0.1, 0.15) is 25.6 Å². The van der Waals surface area contributed by atoms with E-state index in [0.29, 0.717) is 0 Å². The second-order valence-corrected chi connectivity index (χ2v) is 3.69. The molecule has 0 unspecified atom stereocenters. The van der Waals surface area contributed by atoms with Crippen molar-refractivity contribution in [1.82, 2.24) is 16.0 Å². The molecule has 1 rings (SSSR count). The number of furan rings is 1. The van der Waals surface area contributed by atoms with Gasteiger partial charge in [-0.15, -0.1) is 0 Å². The molecule has 94 valence electrons. The lowest BCUT2D eigenvalue weighted by Crippen LogP contribution is -2.47. The van der Waals surface area contributed by atoms with Gasteiger partial charge in [-0.25, -0.2) is 4.79 Å². The first-order chi connectivity index (χ1) is 8.04. The van der Waals surface area contributed by atoms with Gasteiger partial charge in [0.25, 0.3) is 0 Å². The number of nitrogens with one attached hydrogen (secondary N) is 3. The normalized spacial score (nSPS) is 13.8. The predicted molar refractivity (Wildman–Crippen MR) is 62.3 cm³/mol. The van der Waals surface area contributed by atoms with E-state index in [-0.39, 0.29) is 11.9 Å². The fourth-order valence-corrected chi connectivity index (χ4v) is 1.35. The van der Waals surface area contributed by atoms with Crippen LogP contribution in [-0.4, -0.2) is 25.0 Å². The molecule has 0 aliphatic rings. The largest absolute Gasteiger partial charge is 0.468 e. The first kappa shape index (κ1) is 13.2. The summed E-state index contributed by atoms with van der Waals surface area (Å²) in [4.78, 5) is 22.5. The Morgan fingerprint density at radius 3 is 2.59 bits per heavy atom. The minimum absolute atomic E-state index is 0.101. The van der Waals surface area contributed by atoms with E-state index in [0.717, 1.165) is 5.76 Å². The molecular formula is C11H17N3O3. The second-order valence-electron chi connectivity index (χ2n) is 3.69. The Kier molecular flexibility index (Phi) is 4.71. The lowest BCUT2D eigenvalue weighted by atomic mass is 10.2. The Balaban J connectivity index is 2.46. The molecule has 0 radical (unpaired) electrons. The van der Waals surface area contributed by atoms with Crippen molar-refractivity contribution >= 4 is 11.9 Å². The molecule has 2 atom stereocenters. The Labute approximate surface area is 99.8 Å². The lowest BCUT2D eigenvalue weighted by Gasteiger charge is -2.17. The number of amides is 3. The Bertz CT molecular complexity index is 375. The summed E-state index contributed by atoms with van der Waals surface area (Å²) in [6, 6.07) is 2.49. The van der Waals surface area contributed by atoms with Crippen LogP contribution in [0.25, 0.3) is 0 Å². The van der Waals surface area contributed by atoms with Crippen molar-refractivity contribution in [1.29, 1.82) is 0 Å². The fourth-order valence-electron chi connectivity index (χ4n) is 1.35. The Morgan fingerprint density at radius 2 is 2.06 bits per heavy atom. The lowest BCUT2D eigenvalue weighted by molar-refractivity contribution is -0.121. The molecule has 3 amide bonds. The monoisotopic (exact) mass is 239 g/mol. The summed E-state index contributed by atoms with van der Waals surface area (Å²) < 4.78 is 5.20. The van der Waals surface area contributed by atoms with Crippen molar-refractivity contribution in [2.24, 2.45) is 0 Å². The number of carbonyl (C=O) groups excluding carboxylic acids is 2. The molecule has 0 fully saturated rings. The SMILES string of the molecule is CNC(=O)NC(=O)[C@H](C)N[C@H](C)c1ccco1. The van der Waals surface area contributed by atoms with Crippen LogP contribution in [0.5, 0.6) is 0 Å². The summed E-state index contributed by atoms with van der Waals surface area (Å²) in [5.74, 6) is 0.354. The molecular weight excluding hydrogens is 222 g/mol. The first-order valence-corrected chi connectivity index (χ1v) is 5.36. The Hall–Kier alpha value is -1.82. The van der Waals surface area contributed by atoms with Gasteiger partial charge >= 0.3 is 6.03 Å². The van der Waals surface area contributed by atoms with Gasteiger partial charge in [-0.1, -0.05) is 0 Å². The van der Waals surface area contributed by atoms with Gasteiger partial charge in [-0.2, -0.15) is 0 Å². The molecule has 6 heteroatoms. The zero-order valence-electron chi connectivity index (χ0n) is 10.1. The number of urea groups is 1. The molecule has 0 aliphatic carbocycles. The molecule has 1 aromatic heterocycles. The number of rotatable bonds is 4. The smallest absolute Gasteiger partial charge is 0.321 e. The van der Waals surface area contributed by atoms with Crippen molar-refractivity contribution in [3.63, 3.8) is 0 Å².